The van der Waals surface area contributed by atoms with E-state index in [9.17, 15) is 13.2 Å². The van der Waals surface area contributed by atoms with Gasteiger partial charge in [-0.05, 0) is 56.3 Å². The Hall–Kier alpha value is -2.84. The van der Waals surface area contributed by atoms with Crippen molar-refractivity contribution >= 4 is 32.9 Å². The highest BCUT2D eigenvalue weighted by Gasteiger charge is 2.32. The maximum atomic E-state index is 13.2. The summed E-state index contributed by atoms with van der Waals surface area (Å²) in [6.45, 7) is 5.72. The number of amides is 1. The molecule has 8 heteroatoms. The summed E-state index contributed by atoms with van der Waals surface area (Å²) in [5, 5.41) is 2.80. The number of benzene rings is 2. The number of rotatable bonds is 4. The molecule has 1 fully saturated rings. The SMILES string of the molecule is COc1ccc(N2CCN(S(=O)(=O)c3ccc4c(c3)C(=C(C)C)C(=O)N4)CC2)cc1. The number of nitrogens with one attached hydrogen (secondary N) is 1. The molecule has 2 aromatic carbocycles. The Labute approximate surface area is 177 Å². The number of methoxy groups -OCH3 is 1. The zero-order valence-corrected chi connectivity index (χ0v) is 18.1. The van der Waals surface area contributed by atoms with Crippen LogP contribution in [0.3, 0.4) is 0 Å². The molecule has 0 bridgehead atoms. The minimum Gasteiger partial charge on any atom is -0.497 e. The lowest BCUT2D eigenvalue weighted by Crippen LogP contribution is -2.48. The molecule has 0 atom stereocenters. The molecule has 0 unspecified atom stereocenters. The van der Waals surface area contributed by atoms with Crippen molar-refractivity contribution in [2.75, 3.05) is 43.5 Å². The largest absolute Gasteiger partial charge is 0.497 e. The minimum atomic E-state index is -3.64. The van der Waals surface area contributed by atoms with E-state index < -0.39 is 10.0 Å². The van der Waals surface area contributed by atoms with Gasteiger partial charge in [0.2, 0.25) is 10.0 Å². The van der Waals surface area contributed by atoms with E-state index in [1.807, 2.05) is 38.1 Å². The Morgan fingerprint density at radius 2 is 1.67 bits per heavy atom. The smallest absolute Gasteiger partial charge is 0.256 e. The first-order valence-electron chi connectivity index (χ1n) is 9.83. The average molecular weight is 428 g/mol. The Kier molecular flexibility index (Phi) is 5.29. The third-order valence-corrected chi connectivity index (χ3v) is 7.44. The number of anilines is 2. The van der Waals surface area contributed by atoms with E-state index in [1.54, 1.807) is 25.3 Å². The quantitative estimate of drug-likeness (QED) is 0.759. The van der Waals surface area contributed by atoms with Crippen LogP contribution in [0.15, 0.2) is 52.9 Å². The number of sulfonamides is 1. The van der Waals surface area contributed by atoms with Crippen LogP contribution in [-0.2, 0) is 14.8 Å². The highest BCUT2D eigenvalue weighted by Crippen LogP contribution is 2.36. The summed E-state index contributed by atoms with van der Waals surface area (Å²) in [5.41, 5.74) is 3.75. The molecule has 0 radical (unpaired) electrons. The minimum absolute atomic E-state index is 0.187. The van der Waals surface area contributed by atoms with E-state index in [2.05, 4.69) is 10.2 Å². The van der Waals surface area contributed by atoms with Crippen molar-refractivity contribution < 1.29 is 17.9 Å². The first-order chi connectivity index (χ1) is 14.3. The second-order valence-corrected chi connectivity index (χ2v) is 9.56. The number of nitrogens with zero attached hydrogens (tertiary/aromatic N) is 2. The summed E-state index contributed by atoms with van der Waals surface area (Å²) in [7, 11) is -2.01. The molecule has 1 N–H and O–H groups in total. The highest BCUT2D eigenvalue weighted by atomic mass is 32.2. The van der Waals surface area contributed by atoms with Gasteiger partial charge in [0.15, 0.2) is 0 Å². The van der Waals surface area contributed by atoms with Crippen molar-refractivity contribution in [2.45, 2.75) is 18.7 Å². The summed E-state index contributed by atoms with van der Waals surface area (Å²) >= 11 is 0. The van der Waals surface area contributed by atoms with Crippen molar-refractivity contribution in [1.29, 1.82) is 0 Å². The fourth-order valence-electron chi connectivity index (χ4n) is 3.93. The molecule has 158 valence electrons. The number of hydrogen-bond donors (Lipinski definition) is 1. The van der Waals surface area contributed by atoms with Gasteiger partial charge in [-0.2, -0.15) is 4.31 Å². The summed E-state index contributed by atoms with van der Waals surface area (Å²) in [4.78, 5) is 14.6. The number of hydrogen-bond acceptors (Lipinski definition) is 5. The molecule has 0 aliphatic carbocycles. The van der Waals surface area contributed by atoms with Crippen molar-refractivity contribution in [1.82, 2.24) is 4.31 Å². The van der Waals surface area contributed by atoms with Crippen LogP contribution >= 0.6 is 0 Å². The standard InChI is InChI=1S/C22H25N3O4S/c1-15(2)21-19-14-18(8-9-20(19)23-22(21)26)30(27,28)25-12-10-24(11-13-25)16-4-6-17(29-3)7-5-16/h4-9,14H,10-13H2,1-3H3,(H,23,26). The lowest BCUT2D eigenvalue weighted by molar-refractivity contribution is -0.110. The van der Waals surface area contributed by atoms with Crippen LogP contribution in [0.4, 0.5) is 11.4 Å². The maximum absolute atomic E-state index is 13.2. The molecule has 2 aromatic rings. The second-order valence-electron chi connectivity index (χ2n) is 7.63. The predicted molar refractivity (Wildman–Crippen MR) is 117 cm³/mol. The van der Waals surface area contributed by atoms with Crippen molar-refractivity contribution in [2.24, 2.45) is 0 Å². The normalized spacial score (nSPS) is 17.0. The van der Waals surface area contributed by atoms with E-state index in [0.29, 0.717) is 43.0 Å². The van der Waals surface area contributed by atoms with Gasteiger partial charge >= 0.3 is 0 Å². The molecule has 1 saturated heterocycles. The number of piperazine rings is 1. The van der Waals surface area contributed by atoms with Gasteiger partial charge in [-0.25, -0.2) is 8.42 Å². The highest BCUT2D eigenvalue weighted by molar-refractivity contribution is 7.89. The summed E-state index contributed by atoms with van der Waals surface area (Å²) in [6.07, 6.45) is 0. The van der Waals surface area contributed by atoms with Crippen LogP contribution in [0.1, 0.15) is 19.4 Å². The van der Waals surface area contributed by atoms with E-state index >= 15 is 0 Å². The van der Waals surface area contributed by atoms with Gasteiger partial charge in [0.1, 0.15) is 5.75 Å². The molecule has 1 amide bonds. The molecule has 0 saturated carbocycles. The topological polar surface area (TPSA) is 79.0 Å². The zero-order valence-electron chi connectivity index (χ0n) is 17.3. The van der Waals surface area contributed by atoms with Gasteiger partial charge in [-0.1, -0.05) is 5.57 Å². The van der Waals surface area contributed by atoms with Crippen LogP contribution in [-0.4, -0.2) is 51.9 Å². The molecule has 0 spiro atoms. The third kappa shape index (κ3) is 3.57. The Morgan fingerprint density at radius 1 is 1.00 bits per heavy atom. The van der Waals surface area contributed by atoms with Gasteiger partial charge in [-0.15, -0.1) is 0 Å². The van der Waals surface area contributed by atoms with E-state index in [1.165, 1.54) is 4.31 Å². The lowest BCUT2D eigenvalue weighted by Gasteiger charge is -2.35. The van der Waals surface area contributed by atoms with E-state index in [0.717, 1.165) is 17.0 Å². The molecular formula is C22H25N3O4S. The molecule has 2 heterocycles. The zero-order chi connectivity index (χ0) is 21.5. The number of fused-ring (bicyclic) bond motifs is 1. The Morgan fingerprint density at radius 3 is 2.27 bits per heavy atom. The van der Waals surface area contributed by atoms with Crippen LogP contribution in [0.25, 0.3) is 5.57 Å². The van der Waals surface area contributed by atoms with Crippen molar-refractivity contribution in [3.63, 3.8) is 0 Å². The van der Waals surface area contributed by atoms with Crippen molar-refractivity contribution in [3.8, 4) is 5.75 Å². The van der Waals surface area contributed by atoms with Gasteiger partial charge in [0.05, 0.1) is 12.0 Å². The molecule has 2 aliphatic rings. The number of carbonyl (C=O) groups is 1. The molecular weight excluding hydrogens is 402 g/mol. The summed E-state index contributed by atoms with van der Waals surface area (Å²) in [6, 6.07) is 12.6. The lowest BCUT2D eigenvalue weighted by atomic mass is 10.0. The van der Waals surface area contributed by atoms with Crippen LogP contribution < -0.4 is 15.0 Å². The summed E-state index contributed by atoms with van der Waals surface area (Å²) in [5.74, 6) is 0.605. The van der Waals surface area contributed by atoms with Gasteiger partial charge in [0, 0.05) is 48.7 Å². The fourth-order valence-corrected chi connectivity index (χ4v) is 5.38. The van der Waals surface area contributed by atoms with Gasteiger partial charge in [0.25, 0.3) is 5.91 Å². The van der Waals surface area contributed by atoms with Crippen LogP contribution in [0, 0.1) is 0 Å². The molecule has 0 aromatic heterocycles. The van der Waals surface area contributed by atoms with Gasteiger partial charge in [-0.3, -0.25) is 4.79 Å². The molecule has 2 aliphatic heterocycles. The second kappa shape index (κ2) is 7.77. The fraction of sp³-hybridized carbons (Fsp3) is 0.318. The van der Waals surface area contributed by atoms with E-state index in [4.69, 9.17) is 4.74 Å². The monoisotopic (exact) mass is 427 g/mol. The Balaban J connectivity index is 1.53. The molecule has 30 heavy (non-hydrogen) atoms. The average Bonchev–Trinajstić information content (AvgIpc) is 3.09. The Bertz CT molecular complexity index is 1110. The van der Waals surface area contributed by atoms with Crippen LogP contribution in [0.5, 0.6) is 5.75 Å². The first-order valence-corrected chi connectivity index (χ1v) is 11.3. The molecule has 7 nitrogen and oxygen atoms in total. The van der Waals surface area contributed by atoms with Gasteiger partial charge < -0.3 is 15.0 Å². The number of carbonyl (C=O) groups excluding carboxylic acids is 1. The predicted octanol–water partition coefficient (Wildman–Crippen LogP) is 2.95. The van der Waals surface area contributed by atoms with E-state index in [-0.39, 0.29) is 10.8 Å². The van der Waals surface area contributed by atoms with Crippen LogP contribution in [0.2, 0.25) is 0 Å². The third-order valence-electron chi connectivity index (χ3n) is 5.55. The number of ether oxygens (including phenoxy) is 1. The van der Waals surface area contributed by atoms with Crippen molar-refractivity contribution in [3.05, 3.63) is 53.6 Å². The maximum Gasteiger partial charge on any atom is 0.256 e. The first kappa shape index (κ1) is 20.4. The summed E-state index contributed by atoms with van der Waals surface area (Å²) < 4.78 is 33.2. The number of allylic oxidation sites excluding steroid dienone is 1. The molecule has 4 rings (SSSR count).